The van der Waals surface area contributed by atoms with E-state index in [2.05, 4.69) is 32.9 Å². The molecule has 2 nitrogen and oxygen atoms in total. The van der Waals surface area contributed by atoms with E-state index in [1.165, 1.54) is 5.56 Å². The molecule has 1 aromatic carbocycles. The maximum atomic E-state index is 11.8. The van der Waals surface area contributed by atoms with Gasteiger partial charge in [-0.25, -0.2) is 0 Å². The first-order valence-corrected chi connectivity index (χ1v) is 6.68. The highest BCUT2D eigenvalue weighted by molar-refractivity contribution is 5.79. The summed E-state index contributed by atoms with van der Waals surface area (Å²) in [4.78, 5) is 11.8. The van der Waals surface area contributed by atoms with Crippen molar-refractivity contribution in [1.29, 1.82) is 0 Å². The number of hydrogen-bond acceptors (Lipinski definition) is 2. The summed E-state index contributed by atoms with van der Waals surface area (Å²) in [6, 6.07) is 10.1. The Labute approximate surface area is 111 Å². The summed E-state index contributed by atoms with van der Waals surface area (Å²) in [5.41, 5.74) is 7.42. The quantitative estimate of drug-likeness (QED) is 0.837. The van der Waals surface area contributed by atoms with Crippen molar-refractivity contribution in [2.75, 3.05) is 0 Å². The number of carbonyl (C=O) groups is 1. The summed E-state index contributed by atoms with van der Waals surface area (Å²) in [6.07, 6.45) is 2.82. The Bertz CT molecular complexity index is 364. The third-order valence-electron chi connectivity index (χ3n) is 2.90. The van der Waals surface area contributed by atoms with Crippen LogP contribution in [-0.4, -0.2) is 11.8 Å². The number of ketones is 1. The van der Waals surface area contributed by atoms with Gasteiger partial charge in [-0.1, -0.05) is 51.1 Å². The largest absolute Gasteiger partial charge is 0.327 e. The van der Waals surface area contributed by atoms with Crippen LogP contribution < -0.4 is 5.73 Å². The van der Waals surface area contributed by atoms with E-state index in [-0.39, 0.29) is 17.2 Å². The third kappa shape index (κ3) is 6.55. The molecule has 0 spiro atoms. The number of Topliss-reactive ketones (excluding diaryl/α,β-unsaturated/α-hetero) is 1. The minimum Gasteiger partial charge on any atom is -0.327 e. The van der Waals surface area contributed by atoms with E-state index in [0.717, 1.165) is 12.8 Å². The third-order valence-corrected chi connectivity index (χ3v) is 2.90. The lowest BCUT2D eigenvalue weighted by Gasteiger charge is -2.22. The average Bonchev–Trinajstić information content (AvgIpc) is 2.25. The van der Waals surface area contributed by atoms with E-state index in [1.54, 1.807) is 0 Å². The Hall–Kier alpha value is -1.15. The van der Waals surface area contributed by atoms with Crippen molar-refractivity contribution in [3.8, 4) is 0 Å². The smallest absolute Gasteiger partial charge is 0.134 e. The number of rotatable bonds is 6. The van der Waals surface area contributed by atoms with E-state index in [9.17, 15) is 4.79 Å². The summed E-state index contributed by atoms with van der Waals surface area (Å²) in [7, 11) is 0. The Balaban J connectivity index is 2.30. The van der Waals surface area contributed by atoms with E-state index in [4.69, 9.17) is 5.73 Å². The van der Waals surface area contributed by atoms with Gasteiger partial charge in [0.05, 0.1) is 0 Å². The summed E-state index contributed by atoms with van der Waals surface area (Å²) in [6.45, 7) is 6.46. The fourth-order valence-electron chi connectivity index (χ4n) is 2.18. The van der Waals surface area contributed by atoms with Crippen molar-refractivity contribution >= 4 is 5.78 Å². The highest BCUT2D eigenvalue weighted by atomic mass is 16.1. The summed E-state index contributed by atoms with van der Waals surface area (Å²) < 4.78 is 0. The van der Waals surface area contributed by atoms with Crippen LogP contribution in [0.4, 0.5) is 0 Å². The van der Waals surface area contributed by atoms with Gasteiger partial charge in [0.2, 0.25) is 0 Å². The summed E-state index contributed by atoms with van der Waals surface area (Å²) in [5.74, 6) is 0.274. The molecule has 2 heteroatoms. The predicted molar refractivity (Wildman–Crippen MR) is 76.4 cm³/mol. The van der Waals surface area contributed by atoms with Gasteiger partial charge in [-0.3, -0.25) is 4.79 Å². The number of carbonyl (C=O) groups excluding carboxylic acids is 1. The first-order chi connectivity index (χ1) is 8.37. The lowest BCUT2D eigenvalue weighted by Crippen LogP contribution is -2.29. The molecule has 0 radical (unpaired) electrons. The van der Waals surface area contributed by atoms with Crippen LogP contribution in [0, 0.1) is 5.41 Å². The Morgan fingerprint density at radius 3 is 2.39 bits per heavy atom. The number of benzene rings is 1. The molecule has 0 saturated carbocycles. The summed E-state index contributed by atoms with van der Waals surface area (Å²) >= 11 is 0. The molecule has 1 unspecified atom stereocenters. The second kappa shape index (κ2) is 6.69. The van der Waals surface area contributed by atoms with Crippen molar-refractivity contribution in [3.05, 3.63) is 35.9 Å². The van der Waals surface area contributed by atoms with E-state index >= 15 is 0 Å². The van der Waals surface area contributed by atoms with Gasteiger partial charge in [-0.2, -0.15) is 0 Å². The molecule has 0 aliphatic carbocycles. The molecule has 1 atom stereocenters. The molecular formula is C16H25NO. The lowest BCUT2D eigenvalue weighted by atomic mass is 9.86. The van der Waals surface area contributed by atoms with E-state index < -0.39 is 0 Å². The molecule has 0 aliphatic rings. The van der Waals surface area contributed by atoms with Gasteiger partial charge in [-0.05, 0) is 23.8 Å². The Morgan fingerprint density at radius 2 is 1.83 bits per heavy atom. The molecule has 0 aliphatic heterocycles. The SMILES string of the molecule is CC(C)(C)CC(N)CC(=O)CCc1ccccc1. The second-order valence-electron chi connectivity index (χ2n) is 6.25. The van der Waals surface area contributed by atoms with Crippen molar-refractivity contribution in [2.45, 2.75) is 52.5 Å². The van der Waals surface area contributed by atoms with Crippen LogP contribution in [-0.2, 0) is 11.2 Å². The number of hydrogen-bond donors (Lipinski definition) is 1. The zero-order valence-corrected chi connectivity index (χ0v) is 11.8. The van der Waals surface area contributed by atoms with Crippen molar-refractivity contribution < 1.29 is 4.79 Å². The number of nitrogens with two attached hydrogens (primary N) is 1. The van der Waals surface area contributed by atoms with Gasteiger partial charge in [-0.15, -0.1) is 0 Å². The minimum absolute atomic E-state index is 0.00623. The molecule has 18 heavy (non-hydrogen) atoms. The number of aryl methyl sites for hydroxylation is 1. The Kier molecular flexibility index (Phi) is 5.54. The molecular weight excluding hydrogens is 222 g/mol. The first-order valence-electron chi connectivity index (χ1n) is 6.68. The zero-order valence-electron chi connectivity index (χ0n) is 11.8. The van der Waals surface area contributed by atoms with Gasteiger partial charge in [0.25, 0.3) is 0 Å². The molecule has 0 aromatic heterocycles. The second-order valence-corrected chi connectivity index (χ2v) is 6.25. The van der Waals surface area contributed by atoms with Gasteiger partial charge in [0.1, 0.15) is 5.78 Å². The maximum absolute atomic E-state index is 11.8. The van der Waals surface area contributed by atoms with Crippen molar-refractivity contribution in [3.63, 3.8) is 0 Å². The molecule has 1 aromatic rings. The summed E-state index contributed by atoms with van der Waals surface area (Å²) in [5, 5.41) is 0. The van der Waals surface area contributed by atoms with Crippen molar-refractivity contribution in [2.24, 2.45) is 11.1 Å². The average molecular weight is 247 g/mol. The van der Waals surface area contributed by atoms with E-state index in [0.29, 0.717) is 12.8 Å². The van der Waals surface area contributed by atoms with Crippen LogP contribution in [0.1, 0.15) is 45.6 Å². The van der Waals surface area contributed by atoms with Crippen molar-refractivity contribution in [1.82, 2.24) is 0 Å². The molecule has 0 fully saturated rings. The predicted octanol–water partition coefficient (Wildman–Crippen LogP) is 3.34. The first kappa shape index (κ1) is 14.9. The fourth-order valence-corrected chi connectivity index (χ4v) is 2.18. The van der Waals surface area contributed by atoms with Gasteiger partial charge >= 0.3 is 0 Å². The van der Waals surface area contributed by atoms with Crippen LogP contribution in [0.2, 0.25) is 0 Å². The molecule has 0 amide bonds. The topological polar surface area (TPSA) is 43.1 Å². The van der Waals surface area contributed by atoms with Crippen LogP contribution in [0.3, 0.4) is 0 Å². The zero-order chi connectivity index (χ0) is 13.6. The van der Waals surface area contributed by atoms with Crippen LogP contribution in [0.25, 0.3) is 0 Å². The van der Waals surface area contributed by atoms with Crippen LogP contribution in [0.5, 0.6) is 0 Å². The van der Waals surface area contributed by atoms with Gasteiger partial charge < -0.3 is 5.73 Å². The normalized spacial score (nSPS) is 13.3. The van der Waals surface area contributed by atoms with Gasteiger partial charge in [0.15, 0.2) is 0 Å². The van der Waals surface area contributed by atoms with E-state index in [1.807, 2.05) is 18.2 Å². The lowest BCUT2D eigenvalue weighted by molar-refractivity contribution is -0.119. The highest BCUT2D eigenvalue weighted by Crippen LogP contribution is 2.21. The molecule has 2 N–H and O–H groups in total. The monoisotopic (exact) mass is 247 g/mol. The van der Waals surface area contributed by atoms with Crippen LogP contribution in [0.15, 0.2) is 30.3 Å². The Morgan fingerprint density at radius 1 is 1.22 bits per heavy atom. The minimum atomic E-state index is -0.00623. The van der Waals surface area contributed by atoms with Crippen LogP contribution >= 0.6 is 0 Å². The molecule has 0 bridgehead atoms. The highest BCUT2D eigenvalue weighted by Gasteiger charge is 2.17. The molecule has 100 valence electrons. The van der Waals surface area contributed by atoms with Gasteiger partial charge in [0, 0.05) is 18.9 Å². The molecule has 0 heterocycles. The maximum Gasteiger partial charge on any atom is 0.134 e. The molecule has 0 saturated heterocycles. The standard InChI is InChI=1S/C16H25NO/c1-16(2,3)12-14(17)11-15(18)10-9-13-7-5-4-6-8-13/h4-8,14H,9-12,17H2,1-3H3. The fraction of sp³-hybridized carbons (Fsp3) is 0.562. The molecule has 1 rings (SSSR count).